The van der Waals surface area contributed by atoms with Crippen molar-refractivity contribution in [2.75, 3.05) is 13.1 Å². The Morgan fingerprint density at radius 3 is 2.63 bits per heavy atom. The summed E-state index contributed by atoms with van der Waals surface area (Å²) in [6.45, 7) is 10.4. The molecule has 0 bridgehead atoms. The predicted molar refractivity (Wildman–Crippen MR) is 73.5 cm³/mol. The molecule has 2 aliphatic rings. The molecule has 1 fully saturated rings. The van der Waals surface area contributed by atoms with Gasteiger partial charge in [-0.2, -0.15) is 0 Å². The zero-order chi connectivity index (χ0) is 14.0. The van der Waals surface area contributed by atoms with Crippen molar-refractivity contribution in [3.63, 3.8) is 0 Å². The SMILES string of the molecule is C=CC1=C(C=C)C(=O)N(C2CCNC(=O)NC2C)C1. The number of carbonyl (C=O) groups is 2. The van der Waals surface area contributed by atoms with Gasteiger partial charge in [-0.3, -0.25) is 4.79 Å². The Morgan fingerprint density at radius 2 is 2.05 bits per heavy atom. The molecule has 1 saturated heterocycles. The van der Waals surface area contributed by atoms with Crippen molar-refractivity contribution in [1.29, 1.82) is 0 Å². The third-order valence-electron chi connectivity index (χ3n) is 3.69. The molecule has 2 heterocycles. The first-order valence-electron chi connectivity index (χ1n) is 6.41. The second-order valence-electron chi connectivity index (χ2n) is 4.83. The van der Waals surface area contributed by atoms with Gasteiger partial charge in [0.25, 0.3) is 5.91 Å². The first kappa shape index (κ1) is 13.4. The van der Waals surface area contributed by atoms with Crippen LogP contribution in [0.3, 0.4) is 0 Å². The monoisotopic (exact) mass is 261 g/mol. The van der Waals surface area contributed by atoms with Crippen LogP contribution in [0.5, 0.6) is 0 Å². The second-order valence-corrected chi connectivity index (χ2v) is 4.83. The normalized spacial score (nSPS) is 27.7. The lowest BCUT2D eigenvalue weighted by Crippen LogP contribution is -2.50. The van der Waals surface area contributed by atoms with E-state index >= 15 is 0 Å². The van der Waals surface area contributed by atoms with Crippen molar-refractivity contribution in [2.45, 2.75) is 25.4 Å². The number of hydrogen-bond donors (Lipinski definition) is 2. The number of nitrogens with one attached hydrogen (secondary N) is 2. The average Bonchev–Trinajstić information content (AvgIpc) is 2.60. The van der Waals surface area contributed by atoms with Gasteiger partial charge in [-0.05, 0) is 18.9 Å². The third-order valence-corrected chi connectivity index (χ3v) is 3.69. The standard InChI is InChI=1S/C14H19N3O2/c1-4-10-8-17(13(18)11(10)5-2)12-6-7-15-14(19)16-9(12)3/h4-5,9,12H,1-2,6-8H2,3H3,(H2,15,16,19). The smallest absolute Gasteiger partial charge is 0.315 e. The van der Waals surface area contributed by atoms with Crippen LogP contribution in [0.4, 0.5) is 4.79 Å². The highest BCUT2D eigenvalue weighted by Crippen LogP contribution is 2.25. The van der Waals surface area contributed by atoms with E-state index in [9.17, 15) is 9.59 Å². The van der Waals surface area contributed by atoms with Crippen molar-refractivity contribution < 1.29 is 9.59 Å². The van der Waals surface area contributed by atoms with Crippen LogP contribution in [0.2, 0.25) is 0 Å². The molecule has 2 aliphatic heterocycles. The third kappa shape index (κ3) is 2.41. The summed E-state index contributed by atoms with van der Waals surface area (Å²) in [5, 5.41) is 5.59. The maximum absolute atomic E-state index is 12.4. The Balaban J connectivity index is 2.20. The van der Waals surface area contributed by atoms with Gasteiger partial charge in [-0.15, -0.1) is 0 Å². The van der Waals surface area contributed by atoms with E-state index in [1.54, 1.807) is 17.1 Å². The fourth-order valence-corrected chi connectivity index (χ4v) is 2.66. The minimum atomic E-state index is -0.178. The van der Waals surface area contributed by atoms with Crippen LogP contribution in [-0.2, 0) is 4.79 Å². The summed E-state index contributed by atoms with van der Waals surface area (Å²) in [4.78, 5) is 25.6. The van der Waals surface area contributed by atoms with Gasteiger partial charge in [-0.1, -0.05) is 25.3 Å². The van der Waals surface area contributed by atoms with Gasteiger partial charge in [0.05, 0.1) is 6.04 Å². The maximum atomic E-state index is 12.4. The van der Waals surface area contributed by atoms with Crippen LogP contribution < -0.4 is 10.6 Å². The highest BCUT2D eigenvalue weighted by Gasteiger charge is 2.36. The summed E-state index contributed by atoms with van der Waals surface area (Å²) >= 11 is 0. The summed E-state index contributed by atoms with van der Waals surface area (Å²) in [6, 6.07) is -0.275. The van der Waals surface area contributed by atoms with E-state index in [0.717, 1.165) is 12.0 Å². The zero-order valence-corrected chi connectivity index (χ0v) is 11.1. The molecule has 0 aromatic heterocycles. The van der Waals surface area contributed by atoms with Gasteiger partial charge < -0.3 is 15.5 Å². The first-order valence-corrected chi connectivity index (χ1v) is 6.41. The molecular formula is C14H19N3O2. The van der Waals surface area contributed by atoms with Crippen LogP contribution in [0, 0.1) is 0 Å². The molecule has 3 amide bonds. The van der Waals surface area contributed by atoms with Crippen LogP contribution in [0.15, 0.2) is 36.5 Å². The molecule has 0 spiro atoms. The van der Waals surface area contributed by atoms with Crippen LogP contribution in [0.1, 0.15) is 13.3 Å². The van der Waals surface area contributed by atoms with E-state index in [0.29, 0.717) is 18.7 Å². The van der Waals surface area contributed by atoms with E-state index in [4.69, 9.17) is 0 Å². The number of hydrogen-bond acceptors (Lipinski definition) is 2. The lowest BCUT2D eigenvalue weighted by atomic mass is 10.1. The first-order chi connectivity index (χ1) is 9.08. The van der Waals surface area contributed by atoms with E-state index in [1.165, 1.54) is 0 Å². The van der Waals surface area contributed by atoms with Gasteiger partial charge in [0.15, 0.2) is 0 Å². The number of carbonyl (C=O) groups excluding carboxylic acids is 2. The molecule has 0 radical (unpaired) electrons. The van der Waals surface area contributed by atoms with Crippen molar-refractivity contribution in [1.82, 2.24) is 15.5 Å². The van der Waals surface area contributed by atoms with E-state index < -0.39 is 0 Å². The van der Waals surface area contributed by atoms with Crippen LogP contribution in [-0.4, -0.2) is 42.0 Å². The Morgan fingerprint density at radius 1 is 1.32 bits per heavy atom. The largest absolute Gasteiger partial charge is 0.338 e. The molecule has 5 nitrogen and oxygen atoms in total. The fourth-order valence-electron chi connectivity index (χ4n) is 2.66. The molecule has 0 aliphatic carbocycles. The Kier molecular flexibility index (Phi) is 3.74. The predicted octanol–water partition coefficient (Wildman–Crippen LogP) is 0.957. The van der Waals surface area contributed by atoms with E-state index in [1.807, 2.05) is 6.92 Å². The lowest BCUT2D eigenvalue weighted by Gasteiger charge is -2.31. The maximum Gasteiger partial charge on any atom is 0.315 e. The molecule has 5 heteroatoms. The van der Waals surface area contributed by atoms with Crippen molar-refractivity contribution >= 4 is 11.9 Å². The second kappa shape index (κ2) is 5.30. The lowest BCUT2D eigenvalue weighted by molar-refractivity contribution is -0.127. The molecule has 2 N–H and O–H groups in total. The minimum Gasteiger partial charge on any atom is -0.338 e. The molecule has 2 atom stereocenters. The molecule has 19 heavy (non-hydrogen) atoms. The zero-order valence-electron chi connectivity index (χ0n) is 11.1. The van der Waals surface area contributed by atoms with E-state index in [-0.39, 0.29) is 24.0 Å². The minimum absolute atomic E-state index is 0.0150. The van der Waals surface area contributed by atoms with Gasteiger partial charge in [-0.25, -0.2) is 4.79 Å². The van der Waals surface area contributed by atoms with Crippen LogP contribution in [0.25, 0.3) is 0 Å². The van der Waals surface area contributed by atoms with Gasteiger partial charge in [0, 0.05) is 24.7 Å². The van der Waals surface area contributed by atoms with Crippen LogP contribution >= 0.6 is 0 Å². The number of rotatable bonds is 3. The topological polar surface area (TPSA) is 61.4 Å². The fraction of sp³-hybridized carbons (Fsp3) is 0.429. The molecule has 2 unspecified atom stereocenters. The number of nitrogens with zero attached hydrogens (tertiary/aromatic N) is 1. The summed E-state index contributed by atoms with van der Waals surface area (Å²) in [5.41, 5.74) is 1.52. The van der Waals surface area contributed by atoms with Crippen molar-refractivity contribution in [2.24, 2.45) is 0 Å². The van der Waals surface area contributed by atoms with Crippen molar-refractivity contribution in [3.8, 4) is 0 Å². The van der Waals surface area contributed by atoms with Gasteiger partial charge in [0.2, 0.25) is 0 Å². The Labute approximate surface area is 113 Å². The molecule has 0 aromatic rings. The Bertz CT molecular complexity index is 467. The molecule has 0 saturated carbocycles. The van der Waals surface area contributed by atoms with Gasteiger partial charge >= 0.3 is 6.03 Å². The summed E-state index contributed by atoms with van der Waals surface area (Å²) in [7, 11) is 0. The summed E-state index contributed by atoms with van der Waals surface area (Å²) in [5.74, 6) is -0.0297. The number of urea groups is 1. The molecular weight excluding hydrogens is 242 g/mol. The molecule has 2 rings (SSSR count). The van der Waals surface area contributed by atoms with Gasteiger partial charge in [0.1, 0.15) is 0 Å². The summed E-state index contributed by atoms with van der Waals surface area (Å²) < 4.78 is 0. The Hall–Kier alpha value is -2.04. The highest BCUT2D eigenvalue weighted by molar-refractivity contribution is 6.00. The number of amides is 3. The average molecular weight is 261 g/mol. The summed E-state index contributed by atoms with van der Waals surface area (Å²) in [6.07, 6.45) is 4.02. The molecule has 102 valence electrons. The van der Waals surface area contributed by atoms with E-state index in [2.05, 4.69) is 23.8 Å². The highest BCUT2D eigenvalue weighted by atomic mass is 16.2. The van der Waals surface area contributed by atoms with Crippen molar-refractivity contribution in [3.05, 3.63) is 36.5 Å². The molecule has 0 aromatic carbocycles. The quantitative estimate of drug-likeness (QED) is 0.795.